The van der Waals surface area contributed by atoms with Gasteiger partial charge in [0, 0.05) is 32.2 Å². The average molecular weight is 323 g/mol. The standard InChI is InChI=1S/C18H21N5O/c1-24-18-7-6-14(12-19-18)23-10-8-22(9-11-23)13-17-20-15-4-2-3-5-16(15)21-17/h2-7,12H,8-11,13H2,1H3,(H,20,21). The van der Waals surface area contributed by atoms with E-state index in [0.29, 0.717) is 5.88 Å². The lowest BCUT2D eigenvalue weighted by atomic mass is 10.2. The summed E-state index contributed by atoms with van der Waals surface area (Å²) in [4.78, 5) is 17.2. The number of H-pyrrole nitrogens is 1. The third kappa shape index (κ3) is 3.05. The molecule has 0 spiro atoms. The average Bonchev–Trinajstić information content (AvgIpc) is 3.05. The van der Waals surface area contributed by atoms with E-state index in [-0.39, 0.29) is 0 Å². The lowest BCUT2D eigenvalue weighted by molar-refractivity contribution is 0.245. The highest BCUT2D eigenvalue weighted by Crippen LogP contribution is 2.19. The Balaban J connectivity index is 1.36. The van der Waals surface area contributed by atoms with Crippen molar-refractivity contribution in [2.24, 2.45) is 0 Å². The number of aromatic amines is 1. The van der Waals surface area contributed by atoms with E-state index >= 15 is 0 Å². The van der Waals surface area contributed by atoms with Crippen LogP contribution in [-0.2, 0) is 6.54 Å². The summed E-state index contributed by atoms with van der Waals surface area (Å²) in [5, 5.41) is 0. The number of rotatable bonds is 4. The SMILES string of the molecule is COc1ccc(N2CCN(Cc3nc4ccccc4[nH]3)CC2)cn1. The molecule has 124 valence electrons. The van der Waals surface area contributed by atoms with Crippen LogP contribution < -0.4 is 9.64 Å². The first-order chi connectivity index (χ1) is 11.8. The number of piperazine rings is 1. The van der Waals surface area contributed by atoms with Crippen molar-refractivity contribution in [3.8, 4) is 5.88 Å². The molecule has 0 radical (unpaired) electrons. The number of imidazole rings is 1. The van der Waals surface area contributed by atoms with E-state index in [1.54, 1.807) is 7.11 Å². The number of methoxy groups -OCH3 is 1. The molecule has 1 aromatic carbocycles. The highest BCUT2D eigenvalue weighted by atomic mass is 16.5. The van der Waals surface area contributed by atoms with Gasteiger partial charge >= 0.3 is 0 Å². The zero-order valence-corrected chi connectivity index (χ0v) is 13.8. The van der Waals surface area contributed by atoms with E-state index in [1.165, 1.54) is 0 Å². The molecular formula is C18H21N5O. The number of benzene rings is 1. The monoisotopic (exact) mass is 323 g/mol. The quantitative estimate of drug-likeness (QED) is 0.798. The fourth-order valence-corrected chi connectivity index (χ4v) is 3.14. The summed E-state index contributed by atoms with van der Waals surface area (Å²) in [6.45, 7) is 4.89. The Bertz CT molecular complexity index is 773. The van der Waals surface area contributed by atoms with E-state index in [0.717, 1.165) is 55.3 Å². The predicted octanol–water partition coefficient (Wildman–Crippen LogP) is 2.29. The second kappa shape index (κ2) is 6.49. The zero-order valence-electron chi connectivity index (χ0n) is 13.8. The maximum Gasteiger partial charge on any atom is 0.213 e. The number of hydrogen-bond donors (Lipinski definition) is 1. The number of nitrogens with one attached hydrogen (secondary N) is 1. The van der Waals surface area contributed by atoms with Crippen molar-refractivity contribution in [2.45, 2.75) is 6.54 Å². The van der Waals surface area contributed by atoms with Crippen LogP contribution in [0.25, 0.3) is 11.0 Å². The van der Waals surface area contributed by atoms with E-state index in [1.807, 2.05) is 30.5 Å². The Labute approximate surface area is 141 Å². The van der Waals surface area contributed by atoms with Gasteiger partial charge in [-0.25, -0.2) is 9.97 Å². The van der Waals surface area contributed by atoms with Crippen LogP contribution in [0.2, 0.25) is 0 Å². The molecule has 6 nitrogen and oxygen atoms in total. The van der Waals surface area contributed by atoms with Gasteiger partial charge in [0.25, 0.3) is 0 Å². The predicted molar refractivity (Wildman–Crippen MR) is 94.4 cm³/mol. The second-order valence-corrected chi connectivity index (χ2v) is 6.02. The molecule has 0 bridgehead atoms. The Hall–Kier alpha value is -2.60. The molecule has 0 amide bonds. The van der Waals surface area contributed by atoms with Gasteiger partial charge in [0.15, 0.2) is 0 Å². The molecule has 1 aliphatic heterocycles. The normalized spacial score (nSPS) is 15.8. The summed E-state index contributed by atoms with van der Waals surface area (Å²) in [7, 11) is 1.64. The number of pyridine rings is 1. The van der Waals surface area contributed by atoms with Gasteiger partial charge in [0.05, 0.1) is 36.6 Å². The maximum atomic E-state index is 5.12. The second-order valence-electron chi connectivity index (χ2n) is 6.02. The summed E-state index contributed by atoms with van der Waals surface area (Å²) >= 11 is 0. The van der Waals surface area contributed by atoms with Crippen LogP contribution in [0.5, 0.6) is 5.88 Å². The fraction of sp³-hybridized carbons (Fsp3) is 0.333. The van der Waals surface area contributed by atoms with E-state index in [9.17, 15) is 0 Å². The molecule has 3 aromatic rings. The Kier molecular flexibility index (Phi) is 4.04. The summed E-state index contributed by atoms with van der Waals surface area (Å²) in [5.41, 5.74) is 3.30. The molecule has 3 heterocycles. The van der Waals surface area contributed by atoms with Crippen molar-refractivity contribution in [3.63, 3.8) is 0 Å². The molecule has 0 unspecified atom stereocenters. The molecule has 0 saturated carbocycles. The molecule has 0 atom stereocenters. The molecule has 1 fully saturated rings. The van der Waals surface area contributed by atoms with Crippen LogP contribution in [0.3, 0.4) is 0 Å². The van der Waals surface area contributed by atoms with Crippen molar-refractivity contribution >= 4 is 16.7 Å². The zero-order chi connectivity index (χ0) is 16.4. The summed E-state index contributed by atoms with van der Waals surface area (Å²) < 4.78 is 5.12. The van der Waals surface area contributed by atoms with Crippen molar-refractivity contribution < 1.29 is 4.74 Å². The van der Waals surface area contributed by atoms with Gasteiger partial charge in [-0.3, -0.25) is 4.90 Å². The molecule has 24 heavy (non-hydrogen) atoms. The highest BCUT2D eigenvalue weighted by Gasteiger charge is 2.18. The largest absolute Gasteiger partial charge is 0.481 e. The van der Waals surface area contributed by atoms with Crippen molar-refractivity contribution in [2.75, 3.05) is 38.2 Å². The Morgan fingerprint density at radius 3 is 2.62 bits per heavy atom. The lowest BCUT2D eigenvalue weighted by Gasteiger charge is -2.35. The minimum atomic E-state index is 0.655. The number of hydrogen-bond acceptors (Lipinski definition) is 5. The molecule has 1 aliphatic rings. The van der Waals surface area contributed by atoms with Crippen molar-refractivity contribution in [1.29, 1.82) is 0 Å². The smallest absolute Gasteiger partial charge is 0.213 e. The number of fused-ring (bicyclic) bond motifs is 1. The molecule has 2 aromatic heterocycles. The van der Waals surface area contributed by atoms with Crippen molar-refractivity contribution in [1.82, 2.24) is 19.9 Å². The van der Waals surface area contributed by atoms with Gasteiger partial charge < -0.3 is 14.6 Å². The number of ether oxygens (including phenoxy) is 1. The third-order valence-corrected chi connectivity index (χ3v) is 4.48. The van der Waals surface area contributed by atoms with Crippen LogP contribution in [0.15, 0.2) is 42.6 Å². The Morgan fingerprint density at radius 2 is 1.92 bits per heavy atom. The van der Waals surface area contributed by atoms with Crippen LogP contribution >= 0.6 is 0 Å². The molecular weight excluding hydrogens is 302 g/mol. The fourth-order valence-electron chi connectivity index (χ4n) is 3.14. The van der Waals surface area contributed by atoms with Crippen LogP contribution in [-0.4, -0.2) is 53.1 Å². The van der Waals surface area contributed by atoms with Gasteiger partial charge in [0.2, 0.25) is 5.88 Å². The molecule has 6 heteroatoms. The number of anilines is 1. The van der Waals surface area contributed by atoms with E-state index in [4.69, 9.17) is 4.74 Å². The molecule has 4 rings (SSSR count). The minimum Gasteiger partial charge on any atom is -0.481 e. The number of nitrogens with zero attached hydrogens (tertiary/aromatic N) is 4. The number of para-hydroxylation sites is 2. The van der Waals surface area contributed by atoms with E-state index in [2.05, 4.69) is 36.9 Å². The molecule has 1 N–H and O–H groups in total. The van der Waals surface area contributed by atoms with Gasteiger partial charge in [-0.1, -0.05) is 12.1 Å². The topological polar surface area (TPSA) is 57.3 Å². The summed E-state index contributed by atoms with van der Waals surface area (Å²) in [5.74, 6) is 1.69. The van der Waals surface area contributed by atoms with Crippen LogP contribution in [0.4, 0.5) is 5.69 Å². The molecule has 0 aliphatic carbocycles. The van der Waals surface area contributed by atoms with Crippen LogP contribution in [0.1, 0.15) is 5.82 Å². The Morgan fingerprint density at radius 1 is 1.08 bits per heavy atom. The first kappa shape index (κ1) is 15.0. The van der Waals surface area contributed by atoms with Gasteiger partial charge in [-0.05, 0) is 18.2 Å². The minimum absolute atomic E-state index is 0.655. The number of aromatic nitrogens is 3. The molecule has 1 saturated heterocycles. The van der Waals surface area contributed by atoms with Crippen molar-refractivity contribution in [3.05, 3.63) is 48.4 Å². The first-order valence-electron chi connectivity index (χ1n) is 8.23. The van der Waals surface area contributed by atoms with Gasteiger partial charge in [0.1, 0.15) is 5.82 Å². The van der Waals surface area contributed by atoms with Gasteiger partial charge in [-0.15, -0.1) is 0 Å². The highest BCUT2D eigenvalue weighted by molar-refractivity contribution is 5.74. The lowest BCUT2D eigenvalue weighted by Crippen LogP contribution is -2.46. The van der Waals surface area contributed by atoms with Crippen LogP contribution in [0, 0.1) is 0 Å². The van der Waals surface area contributed by atoms with E-state index < -0.39 is 0 Å². The summed E-state index contributed by atoms with van der Waals surface area (Å²) in [6.07, 6.45) is 1.88. The van der Waals surface area contributed by atoms with Gasteiger partial charge in [-0.2, -0.15) is 0 Å². The third-order valence-electron chi connectivity index (χ3n) is 4.48. The first-order valence-corrected chi connectivity index (χ1v) is 8.23. The maximum absolute atomic E-state index is 5.12. The summed E-state index contributed by atoms with van der Waals surface area (Å²) in [6, 6.07) is 12.2.